The Balaban J connectivity index is 1.54. The summed E-state index contributed by atoms with van der Waals surface area (Å²) in [6, 6.07) is 16.3. The molecule has 0 fully saturated rings. The molecule has 0 saturated carbocycles. The summed E-state index contributed by atoms with van der Waals surface area (Å²) in [5, 5.41) is 13.8. The number of ether oxygens (including phenoxy) is 1. The minimum absolute atomic E-state index is 0.445. The number of aromatic nitrogens is 2. The van der Waals surface area contributed by atoms with Crippen LogP contribution in [0.3, 0.4) is 0 Å². The molecule has 1 N–H and O–H groups in total. The first-order valence-corrected chi connectivity index (χ1v) is 8.75. The zero-order valence-corrected chi connectivity index (χ0v) is 14.3. The maximum atomic E-state index is 11.4. The molecule has 5 nitrogen and oxygen atoms in total. The highest BCUT2D eigenvalue weighted by Crippen LogP contribution is 2.31. The fraction of sp³-hybridized carbons (Fsp3) is 0.238. The van der Waals surface area contributed by atoms with E-state index in [-0.39, 0.29) is 0 Å². The molecule has 3 aromatic rings. The third-order valence-corrected chi connectivity index (χ3v) is 4.75. The molecule has 0 aliphatic carbocycles. The molecule has 0 saturated heterocycles. The molecule has 1 atom stereocenters. The van der Waals surface area contributed by atoms with Crippen molar-refractivity contribution in [3.05, 3.63) is 77.6 Å². The van der Waals surface area contributed by atoms with Gasteiger partial charge in [0.2, 0.25) is 0 Å². The second-order valence-corrected chi connectivity index (χ2v) is 6.48. The van der Waals surface area contributed by atoms with E-state index in [0.29, 0.717) is 6.61 Å². The summed E-state index contributed by atoms with van der Waals surface area (Å²) in [6.07, 6.45) is 4.61. The van der Waals surface area contributed by atoms with Crippen LogP contribution in [0.15, 0.2) is 60.9 Å². The van der Waals surface area contributed by atoms with Crippen molar-refractivity contribution in [2.75, 3.05) is 6.61 Å². The predicted molar refractivity (Wildman–Crippen MR) is 97.8 cm³/mol. The quantitative estimate of drug-likeness (QED) is 0.766. The van der Waals surface area contributed by atoms with Crippen molar-refractivity contribution in [3.8, 4) is 11.1 Å². The molecule has 4 rings (SSSR count). The molecule has 0 radical (unpaired) electrons. The van der Waals surface area contributed by atoms with E-state index in [1.165, 1.54) is 5.56 Å². The first-order chi connectivity index (χ1) is 12.7. The SMILES string of the molecule is O=C(O)C1OCCc2ccc(-c3cnn(CCc4ccccc4)c3)cc21. The standard InChI is InChI=1S/C21H20N2O3/c24-21(25)20-19-12-17(7-6-16(19)9-11-26-20)18-13-22-23(14-18)10-8-15-4-2-1-3-5-15/h1-7,12-14,20H,8-11H2,(H,24,25). The number of carboxylic acid groups (broad SMARTS) is 1. The number of nitrogens with zero attached hydrogens (tertiary/aromatic N) is 2. The van der Waals surface area contributed by atoms with Gasteiger partial charge in [-0.3, -0.25) is 4.68 Å². The number of carboxylic acids is 1. The fourth-order valence-corrected chi connectivity index (χ4v) is 3.35. The molecular weight excluding hydrogens is 328 g/mol. The summed E-state index contributed by atoms with van der Waals surface area (Å²) in [7, 11) is 0. The van der Waals surface area contributed by atoms with E-state index < -0.39 is 12.1 Å². The third kappa shape index (κ3) is 3.39. The molecule has 132 valence electrons. The van der Waals surface area contributed by atoms with Crippen molar-refractivity contribution in [1.29, 1.82) is 0 Å². The number of carbonyl (C=O) groups is 1. The van der Waals surface area contributed by atoms with Crippen molar-refractivity contribution >= 4 is 5.97 Å². The van der Waals surface area contributed by atoms with E-state index >= 15 is 0 Å². The van der Waals surface area contributed by atoms with E-state index in [1.54, 1.807) is 0 Å². The Morgan fingerprint density at radius 2 is 2.04 bits per heavy atom. The van der Waals surface area contributed by atoms with Crippen molar-refractivity contribution in [3.63, 3.8) is 0 Å². The molecule has 5 heteroatoms. The lowest BCUT2D eigenvalue weighted by molar-refractivity contribution is -0.151. The molecule has 1 aromatic heterocycles. The highest BCUT2D eigenvalue weighted by molar-refractivity contribution is 5.77. The smallest absolute Gasteiger partial charge is 0.337 e. The Hall–Kier alpha value is -2.92. The molecule has 2 heterocycles. The van der Waals surface area contributed by atoms with E-state index in [1.807, 2.05) is 53.5 Å². The van der Waals surface area contributed by atoms with Gasteiger partial charge in [-0.05, 0) is 41.2 Å². The second-order valence-electron chi connectivity index (χ2n) is 6.48. The van der Waals surface area contributed by atoms with E-state index in [9.17, 15) is 9.90 Å². The molecular formula is C21H20N2O3. The topological polar surface area (TPSA) is 64.3 Å². The maximum absolute atomic E-state index is 11.4. The molecule has 2 aromatic carbocycles. The Labute approximate surface area is 151 Å². The van der Waals surface area contributed by atoms with E-state index in [0.717, 1.165) is 41.6 Å². The number of hydrogen-bond acceptors (Lipinski definition) is 3. The van der Waals surface area contributed by atoms with Gasteiger partial charge >= 0.3 is 5.97 Å². The van der Waals surface area contributed by atoms with Crippen LogP contribution < -0.4 is 0 Å². The highest BCUT2D eigenvalue weighted by atomic mass is 16.5. The average Bonchev–Trinajstić information content (AvgIpc) is 3.15. The molecule has 0 bridgehead atoms. The monoisotopic (exact) mass is 348 g/mol. The summed E-state index contributed by atoms with van der Waals surface area (Å²) in [5.41, 5.74) is 5.02. The lowest BCUT2D eigenvalue weighted by Gasteiger charge is -2.23. The molecule has 0 spiro atoms. The summed E-state index contributed by atoms with van der Waals surface area (Å²) < 4.78 is 7.35. The van der Waals surface area contributed by atoms with Crippen LogP contribution in [-0.2, 0) is 28.9 Å². The number of fused-ring (bicyclic) bond motifs is 1. The summed E-state index contributed by atoms with van der Waals surface area (Å²) >= 11 is 0. The maximum Gasteiger partial charge on any atom is 0.337 e. The normalized spacial score (nSPS) is 16.2. The largest absolute Gasteiger partial charge is 0.479 e. The average molecular weight is 348 g/mol. The van der Waals surface area contributed by atoms with Crippen LogP contribution >= 0.6 is 0 Å². The number of rotatable bonds is 5. The molecule has 1 aliphatic rings. The van der Waals surface area contributed by atoms with Gasteiger partial charge in [0.25, 0.3) is 0 Å². The molecule has 1 unspecified atom stereocenters. The Morgan fingerprint density at radius 3 is 2.85 bits per heavy atom. The first kappa shape index (κ1) is 16.5. The van der Waals surface area contributed by atoms with Crippen LogP contribution in [0.2, 0.25) is 0 Å². The lowest BCUT2D eigenvalue weighted by Crippen LogP contribution is -2.23. The van der Waals surface area contributed by atoms with Gasteiger partial charge in [-0.2, -0.15) is 5.10 Å². The summed E-state index contributed by atoms with van der Waals surface area (Å²) in [5.74, 6) is -0.943. The van der Waals surface area contributed by atoms with Crippen LogP contribution in [0.1, 0.15) is 22.8 Å². The second kappa shape index (κ2) is 7.14. The van der Waals surface area contributed by atoms with Crippen molar-refractivity contribution in [2.45, 2.75) is 25.5 Å². The van der Waals surface area contributed by atoms with Crippen LogP contribution in [0, 0.1) is 0 Å². The van der Waals surface area contributed by atoms with Gasteiger partial charge in [-0.15, -0.1) is 0 Å². The van der Waals surface area contributed by atoms with Crippen LogP contribution in [0.25, 0.3) is 11.1 Å². The Morgan fingerprint density at radius 1 is 1.19 bits per heavy atom. The summed E-state index contributed by atoms with van der Waals surface area (Å²) in [4.78, 5) is 11.4. The van der Waals surface area contributed by atoms with Crippen LogP contribution in [-0.4, -0.2) is 27.5 Å². The lowest BCUT2D eigenvalue weighted by atomic mass is 9.94. The Bertz CT molecular complexity index is 918. The number of hydrogen-bond donors (Lipinski definition) is 1. The number of aliphatic carboxylic acids is 1. The summed E-state index contributed by atoms with van der Waals surface area (Å²) in [6.45, 7) is 1.25. The van der Waals surface area contributed by atoms with Gasteiger partial charge in [0.05, 0.1) is 12.8 Å². The van der Waals surface area contributed by atoms with Gasteiger partial charge in [-0.1, -0.05) is 42.5 Å². The van der Waals surface area contributed by atoms with Crippen molar-refractivity contribution in [1.82, 2.24) is 9.78 Å². The zero-order chi connectivity index (χ0) is 17.9. The van der Waals surface area contributed by atoms with Crippen LogP contribution in [0.4, 0.5) is 0 Å². The van der Waals surface area contributed by atoms with Crippen LogP contribution in [0.5, 0.6) is 0 Å². The van der Waals surface area contributed by atoms with Gasteiger partial charge in [0.1, 0.15) is 0 Å². The zero-order valence-electron chi connectivity index (χ0n) is 14.3. The molecule has 0 amide bonds. The fourth-order valence-electron chi connectivity index (χ4n) is 3.35. The van der Waals surface area contributed by atoms with Crippen molar-refractivity contribution in [2.24, 2.45) is 0 Å². The molecule has 1 aliphatic heterocycles. The van der Waals surface area contributed by atoms with E-state index in [4.69, 9.17) is 4.74 Å². The van der Waals surface area contributed by atoms with Gasteiger partial charge in [0.15, 0.2) is 6.10 Å². The predicted octanol–water partition coefficient (Wildman–Crippen LogP) is 3.49. The molecule has 26 heavy (non-hydrogen) atoms. The van der Waals surface area contributed by atoms with E-state index in [2.05, 4.69) is 17.2 Å². The van der Waals surface area contributed by atoms with Gasteiger partial charge < -0.3 is 9.84 Å². The third-order valence-electron chi connectivity index (χ3n) is 4.75. The minimum Gasteiger partial charge on any atom is -0.479 e. The first-order valence-electron chi connectivity index (χ1n) is 8.75. The van der Waals surface area contributed by atoms with Crippen molar-refractivity contribution < 1.29 is 14.6 Å². The number of benzene rings is 2. The van der Waals surface area contributed by atoms with Gasteiger partial charge in [-0.25, -0.2) is 4.79 Å². The van der Waals surface area contributed by atoms with Gasteiger partial charge in [0, 0.05) is 18.3 Å². The highest BCUT2D eigenvalue weighted by Gasteiger charge is 2.27. The minimum atomic E-state index is -0.943. The number of aryl methyl sites for hydroxylation is 2. The Kier molecular flexibility index (Phi) is 4.54.